The van der Waals surface area contributed by atoms with E-state index in [-0.39, 0.29) is 6.61 Å². The van der Waals surface area contributed by atoms with E-state index in [1.165, 1.54) is 25.7 Å². The Morgan fingerprint density at radius 2 is 2.43 bits per heavy atom. The molecular formula is C11H17NO2. The highest BCUT2D eigenvalue weighted by Gasteiger charge is 2.22. The van der Waals surface area contributed by atoms with Crippen molar-refractivity contribution >= 4 is 0 Å². The normalized spacial score (nSPS) is 27.9. The average molecular weight is 195 g/mol. The first-order chi connectivity index (χ1) is 6.79. The highest BCUT2D eigenvalue weighted by Crippen LogP contribution is 2.35. The molecule has 1 aliphatic carbocycles. The topological polar surface area (TPSA) is 46.3 Å². The van der Waals surface area contributed by atoms with E-state index in [4.69, 9.17) is 9.63 Å². The van der Waals surface area contributed by atoms with Gasteiger partial charge in [0.1, 0.15) is 6.61 Å². The van der Waals surface area contributed by atoms with E-state index in [0.717, 1.165) is 11.6 Å². The molecule has 14 heavy (non-hydrogen) atoms. The van der Waals surface area contributed by atoms with Gasteiger partial charge in [0.15, 0.2) is 5.76 Å². The van der Waals surface area contributed by atoms with Gasteiger partial charge in [-0.3, -0.25) is 0 Å². The molecule has 0 saturated heterocycles. The molecule has 1 N–H and O–H groups in total. The number of aromatic nitrogens is 1. The second-order valence-corrected chi connectivity index (χ2v) is 4.34. The molecule has 3 nitrogen and oxygen atoms in total. The summed E-state index contributed by atoms with van der Waals surface area (Å²) in [5, 5.41) is 12.9. The van der Waals surface area contributed by atoms with E-state index in [9.17, 15) is 0 Å². The Kier molecular flexibility index (Phi) is 2.87. The number of rotatable bonds is 2. The lowest BCUT2D eigenvalue weighted by molar-refractivity contribution is 0.227. The maximum Gasteiger partial charge on any atom is 0.162 e. The molecule has 1 aromatic rings. The van der Waals surface area contributed by atoms with Gasteiger partial charge in [-0.1, -0.05) is 24.9 Å². The van der Waals surface area contributed by atoms with Crippen molar-refractivity contribution in [3.63, 3.8) is 0 Å². The average Bonchev–Trinajstić information content (AvgIpc) is 2.66. The van der Waals surface area contributed by atoms with Crippen molar-refractivity contribution in [2.45, 2.75) is 45.1 Å². The van der Waals surface area contributed by atoms with E-state index in [1.54, 1.807) is 0 Å². The quantitative estimate of drug-likeness (QED) is 0.788. The molecule has 1 heterocycles. The summed E-state index contributed by atoms with van der Waals surface area (Å²) in [5.41, 5.74) is 1.03. The zero-order valence-electron chi connectivity index (χ0n) is 8.57. The number of aliphatic hydroxyl groups is 1. The van der Waals surface area contributed by atoms with Gasteiger partial charge >= 0.3 is 0 Å². The molecule has 1 fully saturated rings. The third-order valence-corrected chi connectivity index (χ3v) is 3.09. The molecule has 0 bridgehead atoms. The number of aliphatic hydroxyl groups excluding tert-OH is 1. The molecule has 0 amide bonds. The Morgan fingerprint density at radius 3 is 3.07 bits per heavy atom. The van der Waals surface area contributed by atoms with Crippen LogP contribution in [0.3, 0.4) is 0 Å². The number of nitrogens with zero attached hydrogens (tertiary/aromatic N) is 1. The molecule has 3 heteroatoms. The zero-order chi connectivity index (χ0) is 9.97. The van der Waals surface area contributed by atoms with Gasteiger partial charge in [0.2, 0.25) is 0 Å². The fraction of sp³-hybridized carbons (Fsp3) is 0.727. The summed E-state index contributed by atoms with van der Waals surface area (Å²) in [6.07, 6.45) is 5.04. The lowest BCUT2D eigenvalue weighted by Gasteiger charge is -2.24. The third-order valence-electron chi connectivity index (χ3n) is 3.09. The molecule has 0 radical (unpaired) electrons. The Labute approximate surface area is 84.1 Å². The van der Waals surface area contributed by atoms with Gasteiger partial charge in [-0.15, -0.1) is 0 Å². The summed E-state index contributed by atoms with van der Waals surface area (Å²) in [6, 6.07) is 1.89. The van der Waals surface area contributed by atoms with E-state index in [0.29, 0.717) is 11.7 Å². The van der Waals surface area contributed by atoms with Gasteiger partial charge < -0.3 is 9.63 Å². The highest BCUT2D eigenvalue weighted by atomic mass is 16.5. The Balaban J connectivity index is 2.06. The molecule has 0 spiro atoms. The highest BCUT2D eigenvalue weighted by molar-refractivity contribution is 5.10. The first-order valence-electron chi connectivity index (χ1n) is 5.36. The van der Waals surface area contributed by atoms with Crippen molar-refractivity contribution in [3.8, 4) is 0 Å². The fourth-order valence-corrected chi connectivity index (χ4v) is 2.30. The third kappa shape index (κ3) is 1.98. The van der Waals surface area contributed by atoms with Crippen molar-refractivity contribution in [1.29, 1.82) is 0 Å². The predicted molar refractivity (Wildman–Crippen MR) is 52.8 cm³/mol. The monoisotopic (exact) mass is 195 g/mol. The van der Waals surface area contributed by atoms with Gasteiger partial charge in [0.25, 0.3) is 0 Å². The van der Waals surface area contributed by atoms with Crippen LogP contribution in [0.2, 0.25) is 0 Å². The molecule has 2 unspecified atom stereocenters. The van der Waals surface area contributed by atoms with Crippen molar-refractivity contribution < 1.29 is 9.63 Å². The maximum absolute atomic E-state index is 8.87. The largest absolute Gasteiger partial charge is 0.388 e. The Bertz CT molecular complexity index is 295. The summed E-state index contributed by atoms with van der Waals surface area (Å²) >= 11 is 0. The summed E-state index contributed by atoms with van der Waals surface area (Å²) < 4.78 is 5.00. The van der Waals surface area contributed by atoms with Crippen LogP contribution in [0.5, 0.6) is 0 Å². The molecule has 1 aliphatic rings. The Morgan fingerprint density at radius 1 is 1.57 bits per heavy atom. The van der Waals surface area contributed by atoms with Gasteiger partial charge in [-0.05, 0) is 18.8 Å². The molecule has 1 aromatic heterocycles. The first kappa shape index (κ1) is 9.71. The van der Waals surface area contributed by atoms with Crippen LogP contribution in [0.25, 0.3) is 0 Å². The van der Waals surface area contributed by atoms with Gasteiger partial charge in [-0.2, -0.15) is 0 Å². The van der Waals surface area contributed by atoms with E-state index in [2.05, 4.69) is 12.1 Å². The van der Waals surface area contributed by atoms with Crippen molar-refractivity contribution in [2.24, 2.45) is 5.92 Å². The summed E-state index contributed by atoms with van der Waals surface area (Å²) in [6.45, 7) is 2.24. The predicted octanol–water partition coefficient (Wildman–Crippen LogP) is 2.46. The van der Waals surface area contributed by atoms with Crippen LogP contribution in [0.15, 0.2) is 10.6 Å². The summed E-state index contributed by atoms with van der Waals surface area (Å²) in [4.78, 5) is 0. The SMILES string of the molecule is CC1CCCC(c2cc(CO)on2)C1. The molecule has 2 atom stereocenters. The first-order valence-corrected chi connectivity index (χ1v) is 5.36. The molecule has 0 aromatic carbocycles. The molecule has 0 aliphatic heterocycles. The van der Waals surface area contributed by atoms with Crippen LogP contribution in [-0.2, 0) is 6.61 Å². The van der Waals surface area contributed by atoms with E-state index >= 15 is 0 Å². The molecule has 1 saturated carbocycles. The lowest BCUT2D eigenvalue weighted by Crippen LogP contribution is -2.11. The van der Waals surface area contributed by atoms with Crippen LogP contribution in [0, 0.1) is 5.92 Å². The van der Waals surface area contributed by atoms with Crippen LogP contribution in [0.1, 0.15) is 50.0 Å². The smallest absolute Gasteiger partial charge is 0.162 e. The van der Waals surface area contributed by atoms with Gasteiger partial charge in [-0.25, -0.2) is 0 Å². The number of hydrogen-bond donors (Lipinski definition) is 1. The minimum atomic E-state index is -0.0464. The summed E-state index contributed by atoms with van der Waals surface area (Å²) in [5.74, 6) is 1.92. The Hall–Kier alpha value is -0.830. The minimum Gasteiger partial charge on any atom is -0.388 e. The van der Waals surface area contributed by atoms with Crippen LogP contribution < -0.4 is 0 Å². The second kappa shape index (κ2) is 4.13. The summed E-state index contributed by atoms with van der Waals surface area (Å²) in [7, 11) is 0. The minimum absolute atomic E-state index is 0.0464. The molecule has 2 rings (SSSR count). The van der Waals surface area contributed by atoms with Crippen LogP contribution >= 0.6 is 0 Å². The van der Waals surface area contributed by atoms with Gasteiger partial charge in [0.05, 0.1) is 5.69 Å². The van der Waals surface area contributed by atoms with Crippen molar-refractivity contribution in [2.75, 3.05) is 0 Å². The van der Waals surface area contributed by atoms with E-state index < -0.39 is 0 Å². The van der Waals surface area contributed by atoms with Crippen LogP contribution in [-0.4, -0.2) is 10.3 Å². The van der Waals surface area contributed by atoms with Crippen molar-refractivity contribution in [3.05, 3.63) is 17.5 Å². The fourth-order valence-electron chi connectivity index (χ4n) is 2.30. The van der Waals surface area contributed by atoms with Crippen LogP contribution in [0.4, 0.5) is 0 Å². The lowest BCUT2D eigenvalue weighted by atomic mass is 9.81. The zero-order valence-corrected chi connectivity index (χ0v) is 8.57. The second-order valence-electron chi connectivity index (χ2n) is 4.34. The molecular weight excluding hydrogens is 178 g/mol. The maximum atomic E-state index is 8.87. The standard InChI is InChI=1S/C11H17NO2/c1-8-3-2-4-9(5-8)11-6-10(7-13)14-12-11/h6,8-9,13H,2-5,7H2,1H3. The van der Waals surface area contributed by atoms with Crippen molar-refractivity contribution in [1.82, 2.24) is 5.16 Å². The van der Waals surface area contributed by atoms with E-state index in [1.807, 2.05) is 6.07 Å². The van der Waals surface area contributed by atoms with Gasteiger partial charge in [0, 0.05) is 12.0 Å². The molecule has 78 valence electrons. The number of hydrogen-bond acceptors (Lipinski definition) is 3.